The van der Waals surface area contributed by atoms with Crippen LogP contribution in [0.15, 0.2) is 46.9 Å². The molecule has 2 aromatic carbocycles. The fraction of sp³-hybridized carbons (Fsp3) is 0.133. The first-order valence-electron chi connectivity index (χ1n) is 5.78. The minimum atomic E-state index is -0.470. The van der Waals surface area contributed by atoms with E-state index in [-0.39, 0.29) is 0 Å². The maximum Gasteiger partial charge on any atom is 0.141 e. The summed E-state index contributed by atoms with van der Waals surface area (Å²) in [5, 5.41) is 13.1. The van der Waals surface area contributed by atoms with Gasteiger partial charge in [-0.05, 0) is 36.8 Å². The Labute approximate surface area is 126 Å². The van der Waals surface area contributed by atoms with Gasteiger partial charge < -0.3 is 5.32 Å². The molecule has 1 atom stereocenters. The fourth-order valence-corrected chi connectivity index (χ4v) is 2.60. The summed E-state index contributed by atoms with van der Waals surface area (Å²) in [6.45, 7) is 2.01. The summed E-state index contributed by atoms with van der Waals surface area (Å²) in [7, 11) is 0. The van der Waals surface area contributed by atoms with Gasteiger partial charge in [0, 0.05) is 20.7 Å². The predicted molar refractivity (Wildman–Crippen MR) is 82.3 cm³/mol. The SMILES string of the molecule is Cc1cccc(NC(C#N)c2ccc(Br)cc2Cl)c1. The molecule has 1 unspecified atom stereocenters. The van der Waals surface area contributed by atoms with Crippen molar-refractivity contribution in [1.29, 1.82) is 5.26 Å². The summed E-state index contributed by atoms with van der Waals surface area (Å²) in [6, 6.07) is 15.2. The normalized spacial score (nSPS) is 11.7. The first kappa shape index (κ1) is 13.9. The summed E-state index contributed by atoms with van der Waals surface area (Å²) in [6.07, 6.45) is 0. The summed E-state index contributed by atoms with van der Waals surface area (Å²) in [5.74, 6) is 0. The number of nitrogens with one attached hydrogen (secondary N) is 1. The monoisotopic (exact) mass is 334 g/mol. The van der Waals surface area contributed by atoms with Crippen LogP contribution < -0.4 is 5.32 Å². The van der Waals surface area contributed by atoms with E-state index in [0.29, 0.717) is 5.02 Å². The first-order chi connectivity index (χ1) is 9.10. The van der Waals surface area contributed by atoms with E-state index in [4.69, 9.17) is 11.6 Å². The van der Waals surface area contributed by atoms with Crippen LogP contribution in [0.25, 0.3) is 0 Å². The molecule has 0 heterocycles. The van der Waals surface area contributed by atoms with Gasteiger partial charge in [0.2, 0.25) is 0 Å². The van der Waals surface area contributed by atoms with Gasteiger partial charge in [-0.3, -0.25) is 0 Å². The Kier molecular flexibility index (Phi) is 4.47. The van der Waals surface area contributed by atoms with Gasteiger partial charge in [0.15, 0.2) is 0 Å². The topological polar surface area (TPSA) is 35.8 Å². The highest BCUT2D eigenvalue weighted by Gasteiger charge is 2.14. The largest absolute Gasteiger partial charge is 0.366 e. The van der Waals surface area contributed by atoms with E-state index in [2.05, 4.69) is 27.3 Å². The van der Waals surface area contributed by atoms with E-state index in [1.807, 2.05) is 43.3 Å². The van der Waals surface area contributed by atoms with Crippen LogP contribution >= 0.6 is 27.5 Å². The van der Waals surface area contributed by atoms with Gasteiger partial charge in [-0.1, -0.05) is 45.7 Å². The average molecular weight is 336 g/mol. The number of aryl methyl sites for hydroxylation is 1. The molecular weight excluding hydrogens is 324 g/mol. The maximum atomic E-state index is 9.32. The average Bonchev–Trinajstić information content (AvgIpc) is 2.37. The van der Waals surface area contributed by atoms with Crippen LogP contribution in [-0.2, 0) is 0 Å². The molecule has 4 heteroatoms. The second kappa shape index (κ2) is 6.10. The van der Waals surface area contributed by atoms with Crippen LogP contribution in [0.4, 0.5) is 5.69 Å². The lowest BCUT2D eigenvalue weighted by Gasteiger charge is -2.15. The Bertz CT molecular complexity index is 634. The Morgan fingerprint density at radius 3 is 2.68 bits per heavy atom. The van der Waals surface area contributed by atoms with Crippen LogP contribution in [0.3, 0.4) is 0 Å². The third-order valence-corrected chi connectivity index (χ3v) is 3.55. The third-order valence-electron chi connectivity index (χ3n) is 2.73. The minimum absolute atomic E-state index is 0.470. The molecule has 0 fully saturated rings. The molecule has 0 saturated carbocycles. The number of hydrogen-bond acceptors (Lipinski definition) is 2. The van der Waals surface area contributed by atoms with Gasteiger partial charge in [-0.25, -0.2) is 0 Å². The highest BCUT2D eigenvalue weighted by molar-refractivity contribution is 9.10. The minimum Gasteiger partial charge on any atom is -0.366 e. The predicted octanol–water partition coefficient (Wildman–Crippen LogP) is 5.09. The van der Waals surface area contributed by atoms with Gasteiger partial charge >= 0.3 is 0 Å². The van der Waals surface area contributed by atoms with Crippen molar-refractivity contribution in [3.05, 3.63) is 63.1 Å². The van der Waals surface area contributed by atoms with Crippen molar-refractivity contribution in [2.45, 2.75) is 13.0 Å². The molecule has 19 heavy (non-hydrogen) atoms. The van der Waals surface area contributed by atoms with E-state index in [0.717, 1.165) is 21.3 Å². The zero-order valence-corrected chi connectivity index (χ0v) is 12.7. The van der Waals surface area contributed by atoms with Crippen molar-refractivity contribution >= 4 is 33.2 Å². The standard InChI is InChI=1S/C15H12BrClN2/c1-10-3-2-4-12(7-10)19-15(9-18)13-6-5-11(16)8-14(13)17/h2-8,15,19H,1H3. The Balaban J connectivity index is 2.28. The van der Waals surface area contributed by atoms with Crippen LogP contribution in [0, 0.1) is 18.3 Å². The van der Waals surface area contributed by atoms with E-state index in [1.54, 1.807) is 6.07 Å². The molecule has 0 spiro atoms. The zero-order chi connectivity index (χ0) is 13.8. The van der Waals surface area contributed by atoms with E-state index in [1.165, 1.54) is 0 Å². The highest BCUT2D eigenvalue weighted by atomic mass is 79.9. The van der Waals surface area contributed by atoms with Gasteiger partial charge in [-0.2, -0.15) is 5.26 Å². The maximum absolute atomic E-state index is 9.32. The molecule has 0 bridgehead atoms. The van der Waals surface area contributed by atoms with Crippen molar-refractivity contribution < 1.29 is 0 Å². The molecule has 2 nitrogen and oxygen atoms in total. The van der Waals surface area contributed by atoms with Crippen molar-refractivity contribution in [2.75, 3.05) is 5.32 Å². The Morgan fingerprint density at radius 1 is 1.26 bits per heavy atom. The number of anilines is 1. The molecule has 0 saturated heterocycles. The summed E-state index contributed by atoms with van der Waals surface area (Å²) in [4.78, 5) is 0. The molecular formula is C15H12BrClN2. The van der Waals surface area contributed by atoms with Crippen molar-refractivity contribution in [3.63, 3.8) is 0 Å². The lowest BCUT2D eigenvalue weighted by atomic mass is 10.1. The smallest absolute Gasteiger partial charge is 0.141 e. The second-order valence-electron chi connectivity index (χ2n) is 4.24. The van der Waals surface area contributed by atoms with Gasteiger partial charge in [-0.15, -0.1) is 0 Å². The van der Waals surface area contributed by atoms with Crippen LogP contribution in [0.1, 0.15) is 17.2 Å². The molecule has 0 aliphatic rings. The van der Waals surface area contributed by atoms with E-state index >= 15 is 0 Å². The second-order valence-corrected chi connectivity index (χ2v) is 5.56. The number of benzene rings is 2. The summed E-state index contributed by atoms with van der Waals surface area (Å²) < 4.78 is 0.897. The van der Waals surface area contributed by atoms with Crippen LogP contribution in [0.5, 0.6) is 0 Å². The molecule has 96 valence electrons. The summed E-state index contributed by atoms with van der Waals surface area (Å²) >= 11 is 9.54. The Hall–Kier alpha value is -1.50. The molecule has 0 amide bonds. The molecule has 0 radical (unpaired) electrons. The van der Waals surface area contributed by atoms with Crippen LogP contribution in [-0.4, -0.2) is 0 Å². The highest BCUT2D eigenvalue weighted by Crippen LogP contribution is 2.28. The first-order valence-corrected chi connectivity index (χ1v) is 6.95. The Morgan fingerprint density at radius 2 is 2.05 bits per heavy atom. The van der Waals surface area contributed by atoms with Crippen molar-refractivity contribution in [2.24, 2.45) is 0 Å². The summed E-state index contributed by atoms with van der Waals surface area (Å²) in [5.41, 5.74) is 2.82. The molecule has 0 aliphatic carbocycles. The third kappa shape index (κ3) is 3.50. The lowest BCUT2D eigenvalue weighted by molar-refractivity contribution is 0.996. The number of hydrogen-bond donors (Lipinski definition) is 1. The number of halogens is 2. The van der Waals surface area contributed by atoms with Gasteiger partial charge in [0.05, 0.1) is 6.07 Å². The van der Waals surface area contributed by atoms with E-state index in [9.17, 15) is 5.26 Å². The number of rotatable bonds is 3. The van der Waals surface area contributed by atoms with Crippen molar-refractivity contribution in [1.82, 2.24) is 0 Å². The lowest BCUT2D eigenvalue weighted by Crippen LogP contribution is -2.09. The number of nitriles is 1. The van der Waals surface area contributed by atoms with E-state index < -0.39 is 6.04 Å². The quantitative estimate of drug-likeness (QED) is 0.848. The van der Waals surface area contributed by atoms with Crippen LogP contribution in [0.2, 0.25) is 5.02 Å². The molecule has 0 aliphatic heterocycles. The zero-order valence-electron chi connectivity index (χ0n) is 10.3. The molecule has 2 aromatic rings. The fourth-order valence-electron chi connectivity index (χ4n) is 1.82. The molecule has 0 aromatic heterocycles. The van der Waals surface area contributed by atoms with Gasteiger partial charge in [0.1, 0.15) is 6.04 Å². The number of nitrogens with zero attached hydrogens (tertiary/aromatic N) is 1. The molecule has 1 N–H and O–H groups in total. The van der Waals surface area contributed by atoms with Gasteiger partial charge in [0.25, 0.3) is 0 Å². The molecule has 2 rings (SSSR count). The van der Waals surface area contributed by atoms with Crippen molar-refractivity contribution in [3.8, 4) is 6.07 Å².